The molecule has 0 saturated carbocycles. The first-order valence-electron chi connectivity index (χ1n) is 8.50. The highest BCUT2D eigenvalue weighted by Gasteiger charge is 2.45. The molecule has 1 aliphatic heterocycles. The highest BCUT2D eigenvalue weighted by atomic mass is 16.8. The molecule has 0 aliphatic carbocycles. The van der Waals surface area contributed by atoms with Crippen LogP contribution in [0, 0.1) is 11.8 Å². The lowest BCUT2D eigenvalue weighted by Gasteiger charge is -2.28. The molecule has 0 bridgehead atoms. The molecule has 0 amide bonds. The Kier molecular flexibility index (Phi) is 5.08. The molecule has 2 heterocycles. The first kappa shape index (κ1) is 17.5. The van der Waals surface area contributed by atoms with Gasteiger partial charge in [-0.2, -0.15) is 0 Å². The first-order chi connectivity index (χ1) is 12.0. The van der Waals surface area contributed by atoms with E-state index in [0.717, 1.165) is 23.4 Å². The van der Waals surface area contributed by atoms with Crippen LogP contribution in [0.25, 0.3) is 0 Å². The van der Waals surface area contributed by atoms with Gasteiger partial charge in [0, 0.05) is 6.20 Å². The standard InChI is InChI=1S/C21H23NO3/c1-4-21(16-24-20(2,3)25-21)17-9-7-12-19(15-17)23-14-8-11-18-10-5-6-13-22-18/h5-7,9-10,12-13,15H,4,14,16H2,1-3H3. The van der Waals surface area contributed by atoms with Crippen LogP contribution in [0.1, 0.15) is 38.4 Å². The molecule has 4 nitrogen and oxygen atoms in total. The molecule has 3 rings (SSSR count). The first-order valence-corrected chi connectivity index (χ1v) is 8.50. The second kappa shape index (κ2) is 7.26. The van der Waals surface area contributed by atoms with E-state index in [2.05, 4.69) is 29.8 Å². The summed E-state index contributed by atoms with van der Waals surface area (Å²) in [5.41, 5.74) is 1.38. The van der Waals surface area contributed by atoms with Gasteiger partial charge in [0.15, 0.2) is 5.79 Å². The van der Waals surface area contributed by atoms with Gasteiger partial charge in [0.1, 0.15) is 23.7 Å². The third kappa shape index (κ3) is 4.19. The normalized spacial score (nSPS) is 21.4. The number of rotatable bonds is 4. The van der Waals surface area contributed by atoms with E-state index < -0.39 is 11.4 Å². The van der Waals surface area contributed by atoms with E-state index >= 15 is 0 Å². The summed E-state index contributed by atoms with van der Waals surface area (Å²) >= 11 is 0. The van der Waals surface area contributed by atoms with Crippen LogP contribution >= 0.6 is 0 Å². The van der Waals surface area contributed by atoms with Gasteiger partial charge >= 0.3 is 0 Å². The molecule has 0 spiro atoms. The number of hydrogen-bond acceptors (Lipinski definition) is 4. The van der Waals surface area contributed by atoms with Gasteiger partial charge in [-0.05, 0) is 56.0 Å². The Hall–Kier alpha value is -2.35. The zero-order chi connectivity index (χ0) is 17.8. The highest BCUT2D eigenvalue weighted by Crippen LogP contribution is 2.41. The predicted molar refractivity (Wildman–Crippen MR) is 96.1 cm³/mol. The van der Waals surface area contributed by atoms with Crippen molar-refractivity contribution in [3.8, 4) is 17.6 Å². The van der Waals surface area contributed by atoms with Crippen molar-refractivity contribution < 1.29 is 14.2 Å². The fourth-order valence-electron chi connectivity index (χ4n) is 2.89. The maximum Gasteiger partial charge on any atom is 0.164 e. The second-order valence-corrected chi connectivity index (χ2v) is 6.47. The van der Waals surface area contributed by atoms with Crippen molar-refractivity contribution in [2.45, 2.75) is 38.6 Å². The van der Waals surface area contributed by atoms with E-state index in [-0.39, 0.29) is 0 Å². The van der Waals surface area contributed by atoms with E-state index in [9.17, 15) is 0 Å². The van der Waals surface area contributed by atoms with E-state index in [1.807, 2.05) is 50.2 Å². The van der Waals surface area contributed by atoms with Gasteiger partial charge in [-0.25, -0.2) is 4.98 Å². The number of pyridine rings is 1. The molecule has 1 unspecified atom stereocenters. The number of ether oxygens (including phenoxy) is 3. The lowest BCUT2D eigenvalue weighted by atomic mass is 9.92. The van der Waals surface area contributed by atoms with Crippen LogP contribution in [-0.2, 0) is 15.1 Å². The Balaban J connectivity index is 1.69. The molecule has 25 heavy (non-hydrogen) atoms. The molecule has 4 heteroatoms. The van der Waals surface area contributed by atoms with Crippen molar-refractivity contribution in [1.82, 2.24) is 4.98 Å². The van der Waals surface area contributed by atoms with Crippen LogP contribution in [0.15, 0.2) is 48.7 Å². The van der Waals surface area contributed by atoms with Crippen molar-refractivity contribution in [3.63, 3.8) is 0 Å². The summed E-state index contributed by atoms with van der Waals surface area (Å²) < 4.78 is 17.8. The van der Waals surface area contributed by atoms with Crippen LogP contribution in [0.2, 0.25) is 0 Å². The fraction of sp³-hybridized carbons (Fsp3) is 0.381. The van der Waals surface area contributed by atoms with Crippen molar-refractivity contribution in [1.29, 1.82) is 0 Å². The molecule has 130 valence electrons. The molecule has 1 aliphatic rings. The maximum atomic E-state index is 6.20. The number of nitrogens with zero attached hydrogens (tertiary/aromatic N) is 1. The molecule has 0 radical (unpaired) electrons. The number of aromatic nitrogens is 1. The van der Waals surface area contributed by atoms with Crippen molar-refractivity contribution in [3.05, 3.63) is 59.9 Å². The van der Waals surface area contributed by atoms with Crippen LogP contribution < -0.4 is 4.74 Å². The molecule has 1 aromatic carbocycles. The molecular weight excluding hydrogens is 314 g/mol. The zero-order valence-corrected chi connectivity index (χ0v) is 14.9. The molecule has 1 saturated heterocycles. The van der Waals surface area contributed by atoms with E-state index in [0.29, 0.717) is 13.2 Å². The maximum absolute atomic E-state index is 6.20. The monoisotopic (exact) mass is 337 g/mol. The Morgan fingerprint density at radius 2 is 2.08 bits per heavy atom. The Morgan fingerprint density at radius 3 is 2.76 bits per heavy atom. The summed E-state index contributed by atoms with van der Waals surface area (Å²) in [5, 5.41) is 0. The SMILES string of the molecule is CCC1(c2cccc(OCC#Cc3ccccn3)c2)COC(C)(C)O1. The molecular formula is C21H23NO3. The highest BCUT2D eigenvalue weighted by molar-refractivity contribution is 5.34. The lowest BCUT2D eigenvalue weighted by Crippen LogP contribution is -2.31. The average Bonchev–Trinajstić information content (AvgIpc) is 2.96. The predicted octanol–water partition coefficient (Wildman–Crippen LogP) is 3.90. The van der Waals surface area contributed by atoms with Crippen LogP contribution in [0.4, 0.5) is 0 Å². The summed E-state index contributed by atoms with van der Waals surface area (Å²) in [6.07, 6.45) is 2.56. The molecule has 0 N–H and O–H groups in total. The van der Waals surface area contributed by atoms with E-state index in [1.165, 1.54) is 0 Å². The summed E-state index contributed by atoms with van der Waals surface area (Å²) in [5.74, 6) is 6.17. The van der Waals surface area contributed by atoms with Gasteiger partial charge in [-0.15, -0.1) is 0 Å². The van der Waals surface area contributed by atoms with Gasteiger partial charge in [-0.3, -0.25) is 0 Å². The van der Waals surface area contributed by atoms with Crippen molar-refractivity contribution in [2.75, 3.05) is 13.2 Å². The Labute approximate surface area is 149 Å². The summed E-state index contributed by atoms with van der Waals surface area (Å²) in [7, 11) is 0. The van der Waals surface area contributed by atoms with E-state index in [4.69, 9.17) is 14.2 Å². The lowest BCUT2D eigenvalue weighted by molar-refractivity contribution is -0.164. The van der Waals surface area contributed by atoms with Crippen molar-refractivity contribution in [2.24, 2.45) is 0 Å². The van der Waals surface area contributed by atoms with Crippen LogP contribution in [0.3, 0.4) is 0 Å². The Bertz CT molecular complexity index is 776. The molecule has 2 aromatic rings. The van der Waals surface area contributed by atoms with Crippen LogP contribution in [0.5, 0.6) is 5.75 Å². The smallest absolute Gasteiger partial charge is 0.164 e. The quantitative estimate of drug-likeness (QED) is 0.794. The summed E-state index contributed by atoms with van der Waals surface area (Å²) in [6, 6.07) is 13.6. The van der Waals surface area contributed by atoms with Gasteiger partial charge in [0.2, 0.25) is 0 Å². The molecule has 1 aromatic heterocycles. The Morgan fingerprint density at radius 1 is 1.20 bits per heavy atom. The fourth-order valence-corrected chi connectivity index (χ4v) is 2.89. The third-order valence-electron chi connectivity index (χ3n) is 4.22. The minimum absolute atomic E-state index is 0.308. The third-order valence-corrected chi connectivity index (χ3v) is 4.22. The van der Waals surface area contributed by atoms with Gasteiger partial charge in [0.25, 0.3) is 0 Å². The molecule has 1 fully saturated rings. The van der Waals surface area contributed by atoms with E-state index in [1.54, 1.807) is 6.20 Å². The topological polar surface area (TPSA) is 40.6 Å². The van der Waals surface area contributed by atoms with Gasteiger partial charge in [-0.1, -0.05) is 31.0 Å². The second-order valence-electron chi connectivity index (χ2n) is 6.47. The molecule has 1 atom stereocenters. The summed E-state index contributed by atoms with van der Waals surface area (Å²) in [4.78, 5) is 4.16. The number of hydrogen-bond donors (Lipinski definition) is 0. The number of benzene rings is 1. The van der Waals surface area contributed by atoms with Crippen LogP contribution in [-0.4, -0.2) is 24.0 Å². The van der Waals surface area contributed by atoms with Crippen molar-refractivity contribution >= 4 is 0 Å². The van der Waals surface area contributed by atoms with Gasteiger partial charge < -0.3 is 14.2 Å². The minimum atomic E-state index is -0.568. The summed E-state index contributed by atoms with van der Waals surface area (Å²) in [6.45, 7) is 6.84. The largest absolute Gasteiger partial charge is 0.481 e. The average molecular weight is 337 g/mol. The zero-order valence-electron chi connectivity index (χ0n) is 14.9. The van der Waals surface area contributed by atoms with Gasteiger partial charge in [0.05, 0.1) is 6.61 Å². The minimum Gasteiger partial charge on any atom is -0.481 e.